The zero-order chi connectivity index (χ0) is 24.2. The highest BCUT2D eigenvalue weighted by atomic mass is 16.7. The predicted octanol–water partition coefficient (Wildman–Crippen LogP) is 7.21. The summed E-state index contributed by atoms with van der Waals surface area (Å²) in [5, 5.41) is 8.81. The highest BCUT2D eigenvalue weighted by molar-refractivity contribution is 5.64. The third-order valence-corrected chi connectivity index (χ3v) is 4.97. The van der Waals surface area contributed by atoms with Gasteiger partial charge in [0.05, 0.1) is 6.61 Å². The van der Waals surface area contributed by atoms with E-state index in [4.69, 9.17) is 14.6 Å². The fourth-order valence-corrected chi connectivity index (χ4v) is 3.23. The lowest BCUT2D eigenvalue weighted by atomic mass is 10.0. The second-order valence-corrected chi connectivity index (χ2v) is 7.80. The van der Waals surface area contributed by atoms with Crippen LogP contribution in [0.15, 0.2) is 29.8 Å². The average Bonchev–Trinajstić information content (AvgIpc) is 2.80. The Hall–Kier alpha value is -2.94. The van der Waals surface area contributed by atoms with Crippen LogP contribution in [-0.2, 0) is 14.2 Å². The van der Waals surface area contributed by atoms with Crippen molar-refractivity contribution in [1.29, 1.82) is 0 Å². The minimum atomic E-state index is -1.40. The number of unbranched alkanes of at least 4 members (excludes halogenated alkanes) is 9. The maximum Gasteiger partial charge on any atom is 0.508 e. The minimum absolute atomic E-state index is 0.133. The fourth-order valence-electron chi connectivity index (χ4n) is 3.23. The van der Waals surface area contributed by atoms with Gasteiger partial charge in [0.25, 0.3) is 0 Å². The first-order chi connectivity index (χ1) is 16.1. The molecule has 0 bridgehead atoms. The molecule has 1 N–H and O–H groups in total. The van der Waals surface area contributed by atoms with Crippen molar-refractivity contribution in [2.75, 3.05) is 19.8 Å². The quantitative estimate of drug-likeness (QED) is 0.170. The van der Waals surface area contributed by atoms with E-state index in [2.05, 4.69) is 23.5 Å². The molecule has 1 aromatic rings. The summed E-state index contributed by atoms with van der Waals surface area (Å²) in [6.07, 6.45) is 11.9. The largest absolute Gasteiger partial charge is 0.508 e. The fraction of sp³-hybridized carbons (Fsp3) is 0.556. The van der Waals surface area contributed by atoms with Gasteiger partial charge in [0.1, 0.15) is 13.2 Å². The van der Waals surface area contributed by atoms with Crippen molar-refractivity contribution in [3.05, 3.63) is 41.0 Å². The van der Waals surface area contributed by atoms with Crippen LogP contribution in [0.3, 0.4) is 0 Å². The van der Waals surface area contributed by atoms with E-state index in [0.717, 1.165) is 24.0 Å². The highest BCUT2D eigenvalue weighted by Crippen LogP contribution is 2.14. The molecule has 0 unspecified atom stereocenters. The number of ether oxygens (including phenoxy) is 3. The molecule has 0 aliphatic heterocycles. The lowest BCUT2D eigenvalue weighted by Gasteiger charge is -2.09. The van der Waals surface area contributed by atoms with E-state index in [1.54, 1.807) is 13.0 Å². The molecule has 0 saturated heterocycles. The maximum absolute atomic E-state index is 11.5. The second kappa shape index (κ2) is 18.6. The van der Waals surface area contributed by atoms with Crippen LogP contribution in [-0.4, -0.2) is 37.2 Å². The summed E-state index contributed by atoms with van der Waals surface area (Å²) >= 11 is 0. The zero-order valence-corrected chi connectivity index (χ0v) is 20.1. The molecule has 33 heavy (non-hydrogen) atoms. The molecule has 0 atom stereocenters. The van der Waals surface area contributed by atoms with Gasteiger partial charge < -0.3 is 19.3 Å². The monoisotopic (exact) mass is 458 g/mol. The van der Waals surface area contributed by atoms with Crippen LogP contribution in [0, 0.1) is 11.8 Å². The van der Waals surface area contributed by atoms with Crippen molar-refractivity contribution in [2.24, 2.45) is 0 Å². The number of benzene rings is 1. The first-order valence-corrected chi connectivity index (χ1v) is 12.0. The van der Waals surface area contributed by atoms with E-state index in [1.807, 2.05) is 24.3 Å². The third kappa shape index (κ3) is 14.7. The Kier molecular flexibility index (Phi) is 15.8. The first kappa shape index (κ1) is 28.1. The maximum atomic E-state index is 11.5. The van der Waals surface area contributed by atoms with Gasteiger partial charge in [-0.25, -0.2) is 9.59 Å². The Morgan fingerprint density at radius 3 is 2.18 bits per heavy atom. The van der Waals surface area contributed by atoms with E-state index in [-0.39, 0.29) is 19.8 Å². The van der Waals surface area contributed by atoms with E-state index in [1.165, 1.54) is 51.4 Å². The smallest absolute Gasteiger partial charge is 0.450 e. The summed E-state index contributed by atoms with van der Waals surface area (Å²) in [5.74, 6) is 6.45. The SMILES string of the molecule is CCCCCCCCCCCC#Cc1ccccc1C=C(COC(=O)O)COC(=O)OCC. The summed E-state index contributed by atoms with van der Waals surface area (Å²) < 4.78 is 14.4. The van der Waals surface area contributed by atoms with Gasteiger partial charge in [-0.2, -0.15) is 0 Å². The zero-order valence-electron chi connectivity index (χ0n) is 20.1. The predicted molar refractivity (Wildman–Crippen MR) is 130 cm³/mol. The second-order valence-electron chi connectivity index (χ2n) is 7.80. The van der Waals surface area contributed by atoms with Gasteiger partial charge in [-0.1, -0.05) is 88.3 Å². The van der Waals surface area contributed by atoms with Crippen LogP contribution in [0.1, 0.15) is 89.2 Å². The van der Waals surface area contributed by atoms with Crippen molar-refractivity contribution >= 4 is 18.4 Å². The Bertz CT molecular complexity index is 787. The molecule has 1 rings (SSSR count). The van der Waals surface area contributed by atoms with Crippen molar-refractivity contribution in [1.82, 2.24) is 0 Å². The summed E-state index contributed by atoms with van der Waals surface area (Å²) in [6.45, 7) is 3.76. The molecule has 0 aliphatic rings. The van der Waals surface area contributed by atoms with Gasteiger partial charge in [0, 0.05) is 17.6 Å². The lowest BCUT2D eigenvalue weighted by molar-refractivity contribution is 0.0615. The van der Waals surface area contributed by atoms with Crippen molar-refractivity contribution < 1.29 is 28.9 Å². The minimum Gasteiger partial charge on any atom is -0.450 e. The van der Waals surface area contributed by atoms with Crippen LogP contribution in [0.25, 0.3) is 6.08 Å². The molecule has 0 aliphatic carbocycles. The molecule has 0 heterocycles. The van der Waals surface area contributed by atoms with Gasteiger partial charge in [-0.15, -0.1) is 0 Å². The molecule has 0 radical (unpaired) electrons. The number of carboxylic acid groups (broad SMARTS) is 1. The Balaban J connectivity index is 2.61. The van der Waals surface area contributed by atoms with Crippen LogP contribution < -0.4 is 0 Å². The molecule has 6 nitrogen and oxygen atoms in total. The molecular weight excluding hydrogens is 420 g/mol. The molecule has 182 valence electrons. The van der Waals surface area contributed by atoms with Gasteiger partial charge >= 0.3 is 12.3 Å². The van der Waals surface area contributed by atoms with Crippen LogP contribution in [0.2, 0.25) is 0 Å². The molecule has 0 spiro atoms. The van der Waals surface area contributed by atoms with E-state index in [9.17, 15) is 9.59 Å². The standard InChI is InChI=1S/C27H38O6/c1-3-5-6-7-8-9-10-11-12-13-14-17-24-18-15-16-19-25(24)20-23(21-32-26(28)29)22-33-27(30)31-4-2/h15-16,18-20H,3-13,21-22H2,1-2H3,(H,28,29). The molecular formula is C27H38O6. The van der Waals surface area contributed by atoms with Gasteiger partial charge in [0.2, 0.25) is 0 Å². The number of carbonyl (C=O) groups is 2. The summed E-state index contributed by atoms with van der Waals surface area (Å²) in [5.41, 5.74) is 2.13. The van der Waals surface area contributed by atoms with Gasteiger partial charge in [0.15, 0.2) is 0 Å². The molecule has 0 saturated carbocycles. The van der Waals surface area contributed by atoms with Crippen molar-refractivity contribution in [3.63, 3.8) is 0 Å². The van der Waals surface area contributed by atoms with Crippen LogP contribution in [0.5, 0.6) is 0 Å². The first-order valence-electron chi connectivity index (χ1n) is 12.0. The molecule has 6 heteroatoms. The molecule has 0 fully saturated rings. The molecule has 1 aromatic carbocycles. The molecule has 0 amide bonds. The Morgan fingerprint density at radius 2 is 1.52 bits per heavy atom. The van der Waals surface area contributed by atoms with Crippen molar-refractivity contribution in [3.8, 4) is 11.8 Å². The number of hydrogen-bond donors (Lipinski definition) is 1. The van der Waals surface area contributed by atoms with Gasteiger partial charge in [-0.3, -0.25) is 0 Å². The number of carbonyl (C=O) groups excluding carboxylic acids is 1. The lowest BCUT2D eigenvalue weighted by Crippen LogP contribution is -2.13. The topological polar surface area (TPSA) is 82.1 Å². The number of hydrogen-bond acceptors (Lipinski definition) is 5. The Morgan fingerprint density at radius 1 is 0.879 bits per heavy atom. The number of rotatable bonds is 15. The van der Waals surface area contributed by atoms with E-state index < -0.39 is 12.3 Å². The van der Waals surface area contributed by atoms with E-state index in [0.29, 0.717) is 5.57 Å². The van der Waals surface area contributed by atoms with Gasteiger partial charge in [-0.05, 0) is 31.1 Å². The normalized spacial score (nSPS) is 10.8. The summed E-state index contributed by atoms with van der Waals surface area (Å²) in [4.78, 5) is 22.3. The van der Waals surface area contributed by atoms with Crippen molar-refractivity contribution in [2.45, 2.75) is 78.1 Å². The van der Waals surface area contributed by atoms with E-state index >= 15 is 0 Å². The highest BCUT2D eigenvalue weighted by Gasteiger charge is 2.09. The van der Waals surface area contributed by atoms with Crippen LogP contribution in [0.4, 0.5) is 9.59 Å². The third-order valence-electron chi connectivity index (χ3n) is 4.97. The Labute approximate surface area is 198 Å². The summed E-state index contributed by atoms with van der Waals surface area (Å²) in [7, 11) is 0. The van der Waals surface area contributed by atoms with Crippen LogP contribution >= 0.6 is 0 Å². The average molecular weight is 459 g/mol. The summed E-state index contributed by atoms with van der Waals surface area (Å²) in [6, 6.07) is 7.58. The molecule has 0 aromatic heterocycles.